The van der Waals surface area contributed by atoms with E-state index in [-0.39, 0.29) is 5.82 Å². The van der Waals surface area contributed by atoms with Gasteiger partial charge in [0.15, 0.2) is 0 Å². The first-order chi connectivity index (χ1) is 11.0. The lowest BCUT2D eigenvalue weighted by molar-refractivity contribution is -0.0536. The summed E-state index contributed by atoms with van der Waals surface area (Å²) in [5.41, 5.74) is 6.04. The lowest BCUT2D eigenvalue weighted by Gasteiger charge is -2.14. The molecule has 2 aromatic rings. The van der Waals surface area contributed by atoms with Gasteiger partial charge in [-0.25, -0.2) is 9.18 Å². The number of carbonyl (C=O) groups excluding carboxylic acids is 1. The van der Waals surface area contributed by atoms with Gasteiger partial charge in [0, 0.05) is 4.88 Å². The molecule has 0 saturated carbocycles. The molecule has 0 unspecified atom stereocenters. The average Bonchev–Trinajstić information content (AvgIpc) is 2.99. The van der Waals surface area contributed by atoms with Crippen molar-refractivity contribution in [1.82, 2.24) is 5.06 Å². The van der Waals surface area contributed by atoms with E-state index in [1.807, 2.05) is 12.1 Å². The molecule has 2 amide bonds. The Labute approximate surface area is 138 Å². The Bertz CT molecular complexity index is 731. The SMILES string of the molecule is C[C@H](C#Cc1ccc(CCc2ccc(F)cc2)s1)N(O)C(N)=O. The second kappa shape index (κ2) is 7.77. The van der Waals surface area contributed by atoms with Crippen LogP contribution in [0.3, 0.4) is 0 Å². The van der Waals surface area contributed by atoms with Gasteiger partial charge in [-0.1, -0.05) is 24.0 Å². The van der Waals surface area contributed by atoms with E-state index in [2.05, 4.69) is 11.8 Å². The van der Waals surface area contributed by atoms with E-state index >= 15 is 0 Å². The summed E-state index contributed by atoms with van der Waals surface area (Å²) in [6.45, 7) is 1.58. The highest BCUT2D eigenvalue weighted by Gasteiger charge is 2.11. The Hall–Kier alpha value is -2.36. The van der Waals surface area contributed by atoms with Gasteiger partial charge in [-0.3, -0.25) is 5.21 Å². The van der Waals surface area contributed by atoms with E-state index in [0.29, 0.717) is 5.06 Å². The van der Waals surface area contributed by atoms with Crippen molar-refractivity contribution in [2.24, 2.45) is 5.73 Å². The van der Waals surface area contributed by atoms with Crippen molar-refractivity contribution in [3.63, 3.8) is 0 Å². The third-order valence-electron chi connectivity index (χ3n) is 3.23. The predicted octanol–water partition coefficient (Wildman–Crippen LogP) is 3.18. The molecule has 2 rings (SSSR count). The molecule has 1 aromatic heterocycles. The molecule has 4 nitrogen and oxygen atoms in total. The molecule has 6 heteroatoms. The minimum atomic E-state index is -0.932. The zero-order valence-corrected chi connectivity index (χ0v) is 13.4. The fourth-order valence-electron chi connectivity index (χ4n) is 1.93. The molecule has 0 aliphatic carbocycles. The minimum absolute atomic E-state index is 0.231. The Morgan fingerprint density at radius 3 is 2.65 bits per heavy atom. The molecule has 0 spiro atoms. The van der Waals surface area contributed by atoms with Gasteiger partial charge in [0.05, 0.1) is 4.88 Å². The third kappa shape index (κ3) is 5.09. The van der Waals surface area contributed by atoms with Crippen LogP contribution >= 0.6 is 11.3 Å². The standard InChI is InChI=1S/C17H17FN2O2S/c1-12(20(22)17(19)21)2-8-15-10-11-16(23-15)9-5-13-3-6-14(18)7-4-13/h3-4,6-7,10-12,22H,5,9H2,1H3,(H2,19,21)/t12-/m1/s1. The zero-order chi connectivity index (χ0) is 16.8. The summed E-state index contributed by atoms with van der Waals surface area (Å²) in [6, 6.07) is 8.78. The van der Waals surface area contributed by atoms with Gasteiger partial charge >= 0.3 is 6.03 Å². The Balaban J connectivity index is 1.93. The van der Waals surface area contributed by atoms with E-state index in [9.17, 15) is 14.4 Å². The van der Waals surface area contributed by atoms with Crippen LogP contribution in [0.2, 0.25) is 0 Å². The maximum atomic E-state index is 12.8. The summed E-state index contributed by atoms with van der Waals surface area (Å²) in [5.74, 6) is 5.45. The van der Waals surface area contributed by atoms with Gasteiger partial charge in [-0.15, -0.1) is 11.3 Å². The monoisotopic (exact) mass is 332 g/mol. The van der Waals surface area contributed by atoms with Crippen molar-refractivity contribution in [1.29, 1.82) is 0 Å². The fraction of sp³-hybridized carbons (Fsp3) is 0.235. The van der Waals surface area contributed by atoms with Crippen LogP contribution in [0.15, 0.2) is 36.4 Å². The Kier molecular flexibility index (Phi) is 5.74. The Morgan fingerprint density at radius 1 is 1.30 bits per heavy atom. The van der Waals surface area contributed by atoms with Crippen LogP contribution in [0.25, 0.3) is 0 Å². The molecule has 0 aliphatic rings. The summed E-state index contributed by atoms with van der Waals surface area (Å²) in [7, 11) is 0. The normalized spacial score (nSPS) is 11.4. The predicted molar refractivity (Wildman–Crippen MR) is 87.7 cm³/mol. The van der Waals surface area contributed by atoms with Crippen molar-refractivity contribution in [3.8, 4) is 11.8 Å². The second-order valence-corrected chi connectivity index (χ2v) is 6.19. The van der Waals surface area contributed by atoms with Crippen molar-refractivity contribution < 1.29 is 14.4 Å². The molecule has 0 radical (unpaired) electrons. The fourth-order valence-corrected chi connectivity index (χ4v) is 2.79. The number of hydroxylamine groups is 2. The van der Waals surface area contributed by atoms with Gasteiger partial charge in [0.25, 0.3) is 0 Å². The molecular formula is C17H17FN2O2S. The van der Waals surface area contributed by atoms with Gasteiger partial charge < -0.3 is 5.73 Å². The maximum absolute atomic E-state index is 12.8. The number of hydrogen-bond acceptors (Lipinski definition) is 3. The van der Waals surface area contributed by atoms with Crippen molar-refractivity contribution in [3.05, 3.63) is 57.5 Å². The van der Waals surface area contributed by atoms with Crippen LogP contribution in [0, 0.1) is 17.7 Å². The molecule has 0 aliphatic heterocycles. The number of benzene rings is 1. The summed E-state index contributed by atoms with van der Waals surface area (Å²) in [6.07, 6.45) is 1.68. The smallest absolute Gasteiger partial charge is 0.339 e. The number of hydrogen-bond donors (Lipinski definition) is 2. The van der Waals surface area contributed by atoms with Crippen molar-refractivity contribution >= 4 is 17.4 Å². The number of urea groups is 1. The van der Waals surface area contributed by atoms with Crippen LogP contribution in [0.5, 0.6) is 0 Å². The number of thiophene rings is 1. The van der Waals surface area contributed by atoms with Crippen molar-refractivity contribution in [2.45, 2.75) is 25.8 Å². The van der Waals surface area contributed by atoms with Crippen LogP contribution in [0.1, 0.15) is 22.2 Å². The number of nitrogens with two attached hydrogens (primary N) is 1. The quantitative estimate of drug-likeness (QED) is 0.513. The lowest BCUT2D eigenvalue weighted by Crippen LogP contribution is -2.38. The number of aryl methyl sites for hydroxylation is 2. The summed E-state index contributed by atoms with van der Waals surface area (Å²) < 4.78 is 12.8. The first-order valence-corrected chi connectivity index (χ1v) is 7.89. The van der Waals surface area contributed by atoms with Crippen LogP contribution in [-0.2, 0) is 12.8 Å². The zero-order valence-electron chi connectivity index (χ0n) is 12.6. The number of carbonyl (C=O) groups is 1. The van der Waals surface area contributed by atoms with Crippen LogP contribution < -0.4 is 5.73 Å². The van der Waals surface area contributed by atoms with E-state index in [0.717, 1.165) is 23.3 Å². The van der Waals surface area contributed by atoms with E-state index in [1.165, 1.54) is 17.0 Å². The largest absolute Gasteiger partial charge is 0.350 e. The number of rotatable bonds is 4. The van der Waals surface area contributed by atoms with Gasteiger partial charge in [0.1, 0.15) is 11.9 Å². The highest BCUT2D eigenvalue weighted by molar-refractivity contribution is 7.12. The molecule has 1 aromatic carbocycles. The molecule has 0 bridgehead atoms. The topological polar surface area (TPSA) is 66.6 Å². The first-order valence-electron chi connectivity index (χ1n) is 7.08. The summed E-state index contributed by atoms with van der Waals surface area (Å²) >= 11 is 1.55. The van der Waals surface area contributed by atoms with Crippen LogP contribution in [0.4, 0.5) is 9.18 Å². The molecule has 23 heavy (non-hydrogen) atoms. The molecule has 0 saturated heterocycles. The van der Waals surface area contributed by atoms with Crippen LogP contribution in [-0.4, -0.2) is 22.3 Å². The molecule has 120 valence electrons. The molecule has 1 heterocycles. The average molecular weight is 332 g/mol. The lowest BCUT2D eigenvalue weighted by atomic mass is 10.1. The van der Waals surface area contributed by atoms with Gasteiger partial charge in [-0.2, -0.15) is 5.06 Å². The highest BCUT2D eigenvalue weighted by atomic mass is 32.1. The first kappa shape index (κ1) is 17.0. The van der Waals surface area contributed by atoms with E-state index in [4.69, 9.17) is 5.73 Å². The second-order valence-electron chi connectivity index (χ2n) is 5.02. The number of halogens is 1. The molecule has 0 fully saturated rings. The van der Waals surface area contributed by atoms with Gasteiger partial charge in [0.2, 0.25) is 0 Å². The van der Waals surface area contributed by atoms with E-state index < -0.39 is 12.1 Å². The summed E-state index contributed by atoms with van der Waals surface area (Å²) in [5, 5.41) is 9.74. The molecule has 3 N–H and O–H groups in total. The Morgan fingerprint density at radius 2 is 2.00 bits per heavy atom. The maximum Gasteiger partial charge on any atom is 0.339 e. The number of nitrogens with zero attached hydrogens (tertiary/aromatic N) is 1. The number of primary amides is 1. The van der Waals surface area contributed by atoms with Crippen molar-refractivity contribution in [2.75, 3.05) is 0 Å². The summed E-state index contributed by atoms with van der Waals surface area (Å²) in [4.78, 5) is 12.8. The highest BCUT2D eigenvalue weighted by Crippen LogP contribution is 2.18. The minimum Gasteiger partial charge on any atom is -0.350 e. The van der Waals surface area contributed by atoms with E-state index in [1.54, 1.807) is 30.4 Å². The van der Waals surface area contributed by atoms with Gasteiger partial charge in [-0.05, 0) is 49.6 Å². The third-order valence-corrected chi connectivity index (χ3v) is 4.29. The molecular weight excluding hydrogens is 315 g/mol. The molecule has 1 atom stereocenters. The number of amides is 2.